The summed E-state index contributed by atoms with van der Waals surface area (Å²) in [5, 5.41) is 7.57. The van der Waals surface area contributed by atoms with Crippen molar-refractivity contribution in [3.63, 3.8) is 0 Å². The highest BCUT2D eigenvalue weighted by Crippen LogP contribution is 2.50. The van der Waals surface area contributed by atoms with Crippen molar-refractivity contribution < 1.29 is 4.52 Å². The SMILES string of the molecule is CCNC(=NCCc1c(C)noc1C)N1CC2(CCCC2)c2ccccc21. The highest BCUT2D eigenvalue weighted by atomic mass is 16.5. The number of aromatic nitrogens is 1. The molecule has 0 unspecified atom stereocenters. The number of hydrogen-bond donors (Lipinski definition) is 1. The van der Waals surface area contributed by atoms with Gasteiger partial charge in [0, 0.05) is 36.3 Å². The molecule has 2 aromatic rings. The third-order valence-electron chi connectivity index (χ3n) is 6.18. The summed E-state index contributed by atoms with van der Waals surface area (Å²) in [6.07, 6.45) is 6.11. The predicted molar refractivity (Wildman–Crippen MR) is 110 cm³/mol. The number of fused-ring (bicyclic) bond motifs is 2. The number of benzene rings is 1. The minimum absolute atomic E-state index is 0.314. The maximum absolute atomic E-state index is 5.29. The molecule has 1 aromatic carbocycles. The lowest BCUT2D eigenvalue weighted by molar-refractivity contribution is 0.392. The second kappa shape index (κ2) is 7.37. The predicted octanol–water partition coefficient (Wildman–Crippen LogP) is 4.13. The first-order valence-corrected chi connectivity index (χ1v) is 10.2. The van der Waals surface area contributed by atoms with Crippen LogP contribution in [0.4, 0.5) is 5.69 Å². The molecule has 1 spiro atoms. The van der Waals surface area contributed by atoms with E-state index in [2.05, 4.69) is 46.6 Å². The second-order valence-corrected chi connectivity index (χ2v) is 7.88. The van der Waals surface area contributed by atoms with E-state index in [0.29, 0.717) is 5.41 Å². The van der Waals surface area contributed by atoms with Crippen LogP contribution in [0.2, 0.25) is 0 Å². The third kappa shape index (κ3) is 3.24. The van der Waals surface area contributed by atoms with Gasteiger partial charge >= 0.3 is 0 Å². The highest BCUT2D eigenvalue weighted by molar-refractivity contribution is 5.98. The first-order valence-electron chi connectivity index (χ1n) is 10.2. The van der Waals surface area contributed by atoms with Gasteiger partial charge in [-0.05, 0) is 51.7 Å². The molecular formula is C22H30N4O. The van der Waals surface area contributed by atoms with Gasteiger partial charge in [-0.15, -0.1) is 0 Å². The second-order valence-electron chi connectivity index (χ2n) is 7.88. The van der Waals surface area contributed by atoms with Crippen molar-refractivity contribution in [3.05, 3.63) is 46.8 Å². The summed E-state index contributed by atoms with van der Waals surface area (Å²) in [6, 6.07) is 8.91. The Kier molecular flexibility index (Phi) is 4.94. The van der Waals surface area contributed by atoms with Crippen molar-refractivity contribution in [2.75, 3.05) is 24.5 Å². The number of anilines is 1. The quantitative estimate of drug-likeness (QED) is 0.653. The molecule has 1 aliphatic heterocycles. The lowest BCUT2D eigenvalue weighted by Gasteiger charge is -2.26. The van der Waals surface area contributed by atoms with E-state index >= 15 is 0 Å². The number of nitrogens with zero attached hydrogens (tertiary/aromatic N) is 3. The van der Waals surface area contributed by atoms with E-state index in [1.807, 2.05) is 13.8 Å². The van der Waals surface area contributed by atoms with E-state index in [1.54, 1.807) is 0 Å². The monoisotopic (exact) mass is 366 g/mol. The molecule has 4 rings (SSSR count). The fourth-order valence-electron chi connectivity index (χ4n) is 4.83. The Morgan fingerprint density at radius 1 is 1.26 bits per heavy atom. The molecule has 5 nitrogen and oxygen atoms in total. The summed E-state index contributed by atoms with van der Waals surface area (Å²) in [5.41, 5.74) is 5.32. The molecule has 1 aromatic heterocycles. The van der Waals surface area contributed by atoms with Crippen LogP contribution in [0.3, 0.4) is 0 Å². The van der Waals surface area contributed by atoms with Crippen molar-refractivity contribution in [2.45, 2.75) is 58.3 Å². The highest BCUT2D eigenvalue weighted by Gasteiger charge is 2.45. The van der Waals surface area contributed by atoms with Gasteiger partial charge in [-0.1, -0.05) is 36.2 Å². The Morgan fingerprint density at radius 2 is 2.04 bits per heavy atom. The molecule has 0 amide bonds. The first kappa shape index (κ1) is 18.1. The Bertz CT molecular complexity index is 813. The number of nitrogens with one attached hydrogen (secondary N) is 1. The lowest BCUT2D eigenvalue weighted by Crippen LogP contribution is -2.43. The van der Waals surface area contributed by atoms with Crippen LogP contribution in [-0.4, -0.2) is 30.8 Å². The van der Waals surface area contributed by atoms with E-state index in [0.717, 1.165) is 43.5 Å². The van der Waals surface area contributed by atoms with Crippen LogP contribution in [0.25, 0.3) is 0 Å². The van der Waals surface area contributed by atoms with Crippen molar-refractivity contribution >= 4 is 11.6 Å². The largest absolute Gasteiger partial charge is 0.361 e. The molecule has 0 radical (unpaired) electrons. The smallest absolute Gasteiger partial charge is 0.198 e. The van der Waals surface area contributed by atoms with Gasteiger partial charge in [0.15, 0.2) is 5.96 Å². The van der Waals surface area contributed by atoms with Gasteiger partial charge in [0.05, 0.1) is 5.69 Å². The van der Waals surface area contributed by atoms with Crippen LogP contribution in [0.1, 0.15) is 55.2 Å². The molecule has 0 atom stereocenters. The Morgan fingerprint density at radius 3 is 2.74 bits per heavy atom. The molecule has 1 fully saturated rings. The van der Waals surface area contributed by atoms with Gasteiger partial charge in [0.1, 0.15) is 5.76 Å². The van der Waals surface area contributed by atoms with Crippen LogP contribution in [0, 0.1) is 13.8 Å². The van der Waals surface area contributed by atoms with Crippen molar-refractivity contribution in [1.29, 1.82) is 0 Å². The number of rotatable bonds is 4. The summed E-state index contributed by atoms with van der Waals surface area (Å²) < 4.78 is 5.29. The van der Waals surface area contributed by atoms with Gasteiger partial charge in [0.2, 0.25) is 0 Å². The lowest BCUT2D eigenvalue weighted by atomic mass is 9.81. The molecule has 1 saturated carbocycles. The minimum Gasteiger partial charge on any atom is -0.361 e. The van der Waals surface area contributed by atoms with E-state index in [9.17, 15) is 0 Å². The van der Waals surface area contributed by atoms with Gasteiger partial charge in [0.25, 0.3) is 0 Å². The number of hydrogen-bond acceptors (Lipinski definition) is 3. The Labute approximate surface area is 161 Å². The van der Waals surface area contributed by atoms with Crippen LogP contribution in [-0.2, 0) is 11.8 Å². The summed E-state index contributed by atoms with van der Waals surface area (Å²) in [6.45, 7) is 8.76. The van der Waals surface area contributed by atoms with E-state index in [1.165, 1.54) is 42.5 Å². The van der Waals surface area contributed by atoms with Crippen molar-refractivity contribution in [2.24, 2.45) is 4.99 Å². The third-order valence-corrected chi connectivity index (χ3v) is 6.18. The normalized spacial score (nSPS) is 18.3. The molecule has 2 heterocycles. The average molecular weight is 367 g/mol. The van der Waals surface area contributed by atoms with Gasteiger partial charge in [-0.25, -0.2) is 0 Å². The number of guanidine groups is 1. The summed E-state index contributed by atoms with van der Waals surface area (Å²) >= 11 is 0. The maximum Gasteiger partial charge on any atom is 0.198 e. The molecular weight excluding hydrogens is 336 g/mol. The molecule has 27 heavy (non-hydrogen) atoms. The van der Waals surface area contributed by atoms with Crippen LogP contribution in [0.5, 0.6) is 0 Å². The standard InChI is InChI=1S/C22H30N4O/c1-4-23-21(24-14-11-18-16(2)25-27-17(18)3)26-15-22(12-7-8-13-22)19-9-5-6-10-20(19)26/h5-6,9-10H,4,7-8,11-15H2,1-3H3,(H,23,24). The zero-order valence-corrected chi connectivity index (χ0v) is 16.7. The number of para-hydroxylation sites is 1. The molecule has 2 aliphatic rings. The van der Waals surface area contributed by atoms with E-state index < -0.39 is 0 Å². The zero-order valence-electron chi connectivity index (χ0n) is 16.7. The van der Waals surface area contributed by atoms with Crippen LogP contribution < -0.4 is 10.2 Å². The number of aliphatic imine (C=N–C) groups is 1. The van der Waals surface area contributed by atoms with Crippen LogP contribution >= 0.6 is 0 Å². The number of aryl methyl sites for hydroxylation is 2. The average Bonchev–Trinajstić information content (AvgIpc) is 3.36. The molecule has 5 heteroatoms. The first-order chi connectivity index (χ1) is 13.1. The van der Waals surface area contributed by atoms with E-state index in [4.69, 9.17) is 9.52 Å². The summed E-state index contributed by atoms with van der Waals surface area (Å²) in [7, 11) is 0. The minimum atomic E-state index is 0.314. The molecule has 144 valence electrons. The molecule has 0 saturated heterocycles. The summed E-state index contributed by atoms with van der Waals surface area (Å²) in [4.78, 5) is 7.38. The van der Waals surface area contributed by atoms with Crippen molar-refractivity contribution in [1.82, 2.24) is 10.5 Å². The van der Waals surface area contributed by atoms with Crippen LogP contribution in [0.15, 0.2) is 33.8 Å². The van der Waals surface area contributed by atoms with E-state index in [-0.39, 0.29) is 0 Å². The fraction of sp³-hybridized carbons (Fsp3) is 0.545. The van der Waals surface area contributed by atoms with Crippen molar-refractivity contribution in [3.8, 4) is 0 Å². The molecule has 1 N–H and O–H groups in total. The Hall–Kier alpha value is -2.30. The molecule has 0 bridgehead atoms. The van der Waals surface area contributed by atoms with Gasteiger partial charge < -0.3 is 14.7 Å². The van der Waals surface area contributed by atoms with Gasteiger partial charge in [-0.3, -0.25) is 4.99 Å². The maximum atomic E-state index is 5.29. The topological polar surface area (TPSA) is 53.7 Å². The zero-order chi connectivity index (χ0) is 18.9. The summed E-state index contributed by atoms with van der Waals surface area (Å²) in [5.74, 6) is 1.91. The molecule has 1 aliphatic carbocycles. The Balaban J connectivity index is 1.59. The van der Waals surface area contributed by atoms with Gasteiger partial charge in [-0.2, -0.15) is 0 Å². The fourth-order valence-corrected chi connectivity index (χ4v) is 4.83.